The molecule has 1 aromatic rings. The number of rotatable bonds is 7. The number of benzene rings is 1. The lowest BCUT2D eigenvalue weighted by atomic mass is 10.0. The quantitative estimate of drug-likeness (QED) is 0.776. The van der Waals surface area contributed by atoms with Crippen LogP contribution in [0.2, 0.25) is 0 Å². The largest absolute Gasteiger partial charge is 0.378 e. The number of nitrogens with two attached hydrogens (primary N) is 1. The minimum Gasteiger partial charge on any atom is -0.378 e. The summed E-state index contributed by atoms with van der Waals surface area (Å²) in [5.74, 6) is 0.142. The van der Waals surface area contributed by atoms with Gasteiger partial charge in [-0.1, -0.05) is 25.5 Å². The number of hydrogen-bond donors (Lipinski definition) is 1. The van der Waals surface area contributed by atoms with Crippen LogP contribution < -0.4 is 5.73 Å². The van der Waals surface area contributed by atoms with Crippen molar-refractivity contribution in [2.45, 2.75) is 45.1 Å². The first-order valence-corrected chi connectivity index (χ1v) is 8.44. The number of halogens is 1. The number of aryl methyl sites for hydroxylation is 1. The van der Waals surface area contributed by atoms with Crippen molar-refractivity contribution in [2.75, 3.05) is 26.2 Å². The molecule has 0 aromatic heterocycles. The molecule has 1 aromatic carbocycles. The second kappa shape index (κ2) is 10.6. The van der Waals surface area contributed by atoms with Gasteiger partial charge in [0.05, 0.1) is 6.10 Å². The van der Waals surface area contributed by atoms with E-state index in [-0.39, 0.29) is 24.4 Å². The van der Waals surface area contributed by atoms with Gasteiger partial charge >= 0.3 is 0 Å². The van der Waals surface area contributed by atoms with Crippen LogP contribution in [-0.2, 0) is 11.2 Å². The number of hydrogen-bond acceptors (Lipinski definition) is 3. The monoisotopic (exact) mass is 340 g/mol. The van der Waals surface area contributed by atoms with E-state index < -0.39 is 0 Å². The van der Waals surface area contributed by atoms with Gasteiger partial charge in [-0.3, -0.25) is 4.79 Å². The normalized spacial score (nSPS) is 15.3. The summed E-state index contributed by atoms with van der Waals surface area (Å²) in [5, 5.41) is 0. The van der Waals surface area contributed by atoms with Crippen LogP contribution >= 0.6 is 12.4 Å². The molecule has 1 heterocycles. The highest BCUT2D eigenvalue weighted by atomic mass is 35.5. The number of ether oxygens (including phenoxy) is 1. The average Bonchev–Trinajstić information content (AvgIpc) is 2.56. The highest BCUT2D eigenvalue weighted by molar-refractivity contribution is 5.94. The van der Waals surface area contributed by atoms with E-state index in [0.717, 1.165) is 57.4 Å². The standard InChI is InChI=1S/C18H28N2O2.ClH/c1-2-4-15-5-7-16(8-6-15)18(21)20-12-9-17(10-13-20)22-14-3-11-19;/h5-8,17H,2-4,9-14,19H2,1H3;1H. The van der Waals surface area contributed by atoms with E-state index in [1.54, 1.807) is 0 Å². The summed E-state index contributed by atoms with van der Waals surface area (Å²) < 4.78 is 5.78. The molecule has 1 amide bonds. The number of nitrogens with zero attached hydrogens (tertiary/aromatic N) is 1. The summed E-state index contributed by atoms with van der Waals surface area (Å²) in [5.41, 5.74) is 7.56. The van der Waals surface area contributed by atoms with Gasteiger partial charge in [0.1, 0.15) is 0 Å². The molecule has 23 heavy (non-hydrogen) atoms. The molecule has 0 aliphatic carbocycles. The highest BCUT2D eigenvalue weighted by Crippen LogP contribution is 2.17. The van der Waals surface area contributed by atoms with E-state index in [4.69, 9.17) is 10.5 Å². The average molecular weight is 341 g/mol. The van der Waals surface area contributed by atoms with Crippen molar-refractivity contribution in [1.82, 2.24) is 4.90 Å². The van der Waals surface area contributed by atoms with Crippen LogP contribution in [0.25, 0.3) is 0 Å². The van der Waals surface area contributed by atoms with E-state index in [1.807, 2.05) is 17.0 Å². The van der Waals surface area contributed by atoms with Crippen LogP contribution in [0.5, 0.6) is 0 Å². The lowest BCUT2D eigenvalue weighted by molar-refractivity contribution is 0.00845. The third-order valence-electron chi connectivity index (χ3n) is 4.17. The molecule has 2 N–H and O–H groups in total. The van der Waals surface area contributed by atoms with Crippen molar-refractivity contribution in [3.63, 3.8) is 0 Å². The van der Waals surface area contributed by atoms with Crippen molar-refractivity contribution < 1.29 is 9.53 Å². The second-order valence-electron chi connectivity index (χ2n) is 5.95. The van der Waals surface area contributed by atoms with Crippen molar-refractivity contribution in [3.05, 3.63) is 35.4 Å². The Labute approximate surface area is 145 Å². The number of carbonyl (C=O) groups is 1. The van der Waals surface area contributed by atoms with Gasteiger partial charge in [0.25, 0.3) is 5.91 Å². The van der Waals surface area contributed by atoms with Gasteiger partial charge in [-0.25, -0.2) is 0 Å². The van der Waals surface area contributed by atoms with E-state index in [0.29, 0.717) is 6.54 Å². The molecule has 1 saturated heterocycles. The Morgan fingerprint density at radius 3 is 2.48 bits per heavy atom. The fourth-order valence-electron chi connectivity index (χ4n) is 2.84. The van der Waals surface area contributed by atoms with Crippen molar-refractivity contribution in [2.24, 2.45) is 5.73 Å². The lowest BCUT2D eigenvalue weighted by Crippen LogP contribution is -2.41. The molecular weight excluding hydrogens is 312 g/mol. The smallest absolute Gasteiger partial charge is 0.253 e. The predicted molar refractivity (Wildman–Crippen MR) is 96.2 cm³/mol. The van der Waals surface area contributed by atoms with E-state index >= 15 is 0 Å². The molecule has 4 nitrogen and oxygen atoms in total. The Morgan fingerprint density at radius 2 is 1.91 bits per heavy atom. The fourth-order valence-corrected chi connectivity index (χ4v) is 2.84. The van der Waals surface area contributed by atoms with Gasteiger partial charge in [0, 0.05) is 25.3 Å². The molecule has 130 valence electrons. The Morgan fingerprint density at radius 1 is 1.26 bits per heavy atom. The molecule has 0 spiro atoms. The van der Waals surface area contributed by atoms with Crippen LogP contribution in [-0.4, -0.2) is 43.2 Å². The number of likely N-dealkylation sites (tertiary alicyclic amines) is 1. The maximum atomic E-state index is 12.5. The van der Waals surface area contributed by atoms with Gasteiger partial charge in [-0.2, -0.15) is 0 Å². The van der Waals surface area contributed by atoms with Crippen molar-refractivity contribution >= 4 is 18.3 Å². The molecule has 1 aliphatic heterocycles. The summed E-state index contributed by atoms with van der Waals surface area (Å²) >= 11 is 0. The zero-order valence-corrected chi connectivity index (χ0v) is 14.8. The molecule has 2 rings (SSSR count). The number of piperidine rings is 1. The lowest BCUT2D eigenvalue weighted by Gasteiger charge is -2.32. The number of carbonyl (C=O) groups excluding carboxylic acids is 1. The van der Waals surface area contributed by atoms with Crippen LogP contribution in [0.15, 0.2) is 24.3 Å². The topological polar surface area (TPSA) is 55.6 Å². The molecule has 0 radical (unpaired) electrons. The Hall–Kier alpha value is -1.10. The summed E-state index contributed by atoms with van der Waals surface area (Å²) in [6.07, 6.45) is 5.23. The molecule has 0 unspecified atom stereocenters. The SMILES string of the molecule is CCCc1ccc(C(=O)N2CCC(OCCCN)CC2)cc1.Cl. The zero-order valence-electron chi connectivity index (χ0n) is 14.0. The first kappa shape index (κ1) is 19.9. The summed E-state index contributed by atoms with van der Waals surface area (Å²) in [6.45, 7) is 5.13. The molecule has 1 fully saturated rings. The van der Waals surface area contributed by atoms with Crippen LogP contribution in [0, 0.1) is 0 Å². The maximum Gasteiger partial charge on any atom is 0.253 e. The molecule has 1 aliphatic rings. The van der Waals surface area contributed by atoms with Gasteiger partial charge in [-0.05, 0) is 49.9 Å². The minimum absolute atomic E-state index is 0. The summed E-state index contributed by atoms with van der Waals surface area (Å²) in [7, 11) is 0. The van der Waals surface area contributed by atoms with Gasteiger partial charge < -0.3 is 15.4 Å². The van der Waals surface area contributed by atoms with Gasteiger partial charge in [0.15, 0.2) is 0 Å². The summed E-state index contributed by atoms with van der Waals surface area (Å²) in [6, 6.07) is 8.05. The van der Waals surface area contributed by atoms with Crippen molar-refractivity contribution in [3.8, 4) is 0 Å². The first-order chi connectivity index (χ1) is 10.7. The van der Waals surface area contributed by atoms with Crippen LogP contribution in [0.3, 0.4) is 0 Å². The molecular formula is C18H29ClN2O2. The van der Waals surface area contributed by atoms with E-state index in [1.165, 1.54) is 5.56 Å². The zero-order chi connectivity index (χ0) is 15.8. The van der Waals surface area contributed by atoms with Crippen molar-refractivity contribution in [1.29, 1.82) is 0 Å². The van der Waals surface area contributed by atoms with E-state index in [9.17, 15) is 4.79 Å². The fraction of sp³-hybridized carbons (Fsp3) is 0.611. The first-order valence-electron chi connectivity index (χ1n) is 8.44. The minimum atomic E-state index is 0. The van der Waals surface area contributed by atoms with Gasteiger partial charge in [-0.15, -0.1) is 12.4 Å². The molecule has 0 saturated carbocycles. The van der Waals surface area contributed by atoms with Gasteiger partial charge in [0.2, 0.25) is 0 Å². The highest BCUT2D eigenvalue weighted by Gasteiger charge is 2.23. The molecule has 0 bridgehead atoms. The third kappa shape index (κ3) is 6.13. The van der Waals surface area contributed by atoms with Crippen LogP contribution in [0.1, 0.15) is 48.5 Å². The van der Waals surface area contributed by atoms with E-state index in [2.05, 4.69) is 19.1 Å². The Kier molecular flexibility index (Phi) is 9.22. The molecule has 5 heteroatoms. The summed E-state index contributed by atoms with van der Waals surface area (Å²) in [4.78, 5) is 14.4. The third-order valence-corrected chi connectivity index (χ3v) is 4.17. The molecule has 0 atom stereocenters. The maximum absolute atomic E-state index is 12.5. The Balaban J connectivity index is 0.00000264. The Bertz CT molecular complexity index is 457. The predicted octanol–water partition coefficient (Wildman–Crippen LogP) is 3.03. The number of amides is 1. The van der Waals surface area contributed by atoms with Crippen LogP contribution in [0.4, 0.5) is 0 Å². The second-order valence-corrected chi connectivity index (χ2v) is 5.95.